The number of fused-ring (bicyclic) bond motifs is 2. The summed E-state index contributed by atoms with van der Waals surface area (Å²) in [5.74, 6) is -1.27. The molecule has 2 unspecified atom stereocenters. The number of halogens is 3. The number of benzene rings is 2. The van der Waals surface area contributed by atoms with Crippen molar-refractivity contribution in [3.8, 4) is 0 Å². The Morgan fingerprint density at radius 2 is 1.67 bits per heavy atom. The first-order chi connectivity index (χ1) is 28.5. The second-order valence-electron chi connectivity index (χ2n) is 16.9. The minimum Gasteiger partial charge on any atom is -0.386 e. The van der Waals surface area contributed by atoms with Crippen LogP contribution in [0.25, 0.3) is 10.2 Å². The van der Waals surface area contributed by atoms with Gasteiger partial charge in [0.25, 0.3) is 17.7 Å². The number of carbonyl (C=O) groups is 4. The number of likely N-dealkylation sites (tertiary alicyclic amines) is 1. The molecule has 60 heavy (non-hydrogen) atoms. The summed E-state index contributed by atoms with van der Waals surface area (Å²) in [6.45, 7) is 5.82. The van der Waals surface area contributed by atoms with Crippen molar-refractivity contribution in [2.24, 2.45) is 5.92 Å². The summed E-state index contributed by atoms with van der Waals surface area (Å²) in [5, 5.41) is 30.9. The molecule has 4 aromatic rings. The van der Waals surface area contributed by atoms with Gasteiger partial charge in [0.05, 0.1) is 38.0 Å². The number of aliphatic hydroxyl groups excluding tert-OH is 1. The molecule has 5 N–H and O–H groups in total. The van der Waals surface area contributed by atoms with E-state index in [-0.39, 0.29) is 36.0 Å². The highest BCUT2D eigenvalue weighted by molar-refractivity contribution is 7.18. The van der Waals surface area contributed by atoms with E-state index >= 15 is 0 Å². The van der Waals surface area contributed by atoms with Crippen LogP contribution < -0.4 is 16.0 Å². The van der Waals surface area contributed by atoms with Crippen LogP contribution in [0.5, 0.6) is 0 Å². The smallest absolute Gasteiger partial charge is 0.386 e. The topological polar surface area (TPSA) is 177 Å². The number of piperidine rings is 2. The monoisotopic (exact) mass is 847 g/mol. The summed E-state index contributed by atoms with van der Waals surface area (Å²) in [7, 11) is 0. The molecule has 2 saturated heterocycles. The third-order valence-corrected chi connectivity index (χ3v) is 13.6. The number of thiazole rings is 1. The largest absolute Gasteiger partial charge is 0.433 e. The van der Waals surface area contributed by atoms with Crippen LogP contribution in [0.1, 0.15) is 125 Å². The Labute approximate surface area is 348 Å². The zero-order valence-corrected chi connectivity index (χ0v) is 34.2. The van der Waals surface area contributed by atoms with E-state index in [0.717, 1.165) is 84.8 Å². The summed E-state index contributed by atoms with van der Waals surface area (Å²) in [6.07, 6.45) is 1.43. The molecule has 2 atom stereocenters. The molecule has 3 fully saturated rings. The molecule has 1 aliphatic carbocycles. The molecular weight excluding hydrogens is 800 g/mol. The first kappa shape index (κ1) is 41.8. The summed E-state index contributed by atoms with van der Waals surface area (Å²) in [4.78, 5) is 63.7. The van der Waals surface area contributed by atoms with Crippen LogP contribution in [0.2, 0.25) is 0 Å². The fourth-order valence-electron chi connectivity index (χ4n) is 9.18. The predicted octanol–water partition coefficient (Wildman–Crippen LogP) is 6.62. The Morgan fingerprint density at radius 1 is 0.933 bits per heavy atom. The van der Waals surface area contributed by atoms with Crippen molar-refractivity contribution >= 4 is 56.6 Å². The highest BCUT2D eigenvalue weighted by Crippen LogP contribution is 2.42. The lowest BCUT2D eigenvalue weighted by atomic mass is 9.84. The standard InChI is InChI=1S/C43H48F3N7O6S/c1-42(2,59)27-21-31-33(22-30(27)49-37(55)29-7-4-8-34(48-29)43(44,45)46)60-39(50-31)24-9-11-25(12-10-24)52-19-16-23(17-20-52)15-18-47-28-6-3-5-26-36(28)41(58)53(40(26)57)32-13-14-35(54)51-38(32)56/h3-8,21-25,32,38,47,56,59H,9-20H2,1-2H3,(H,49,55)(H,51,54). The number of alkyl halides is 3. The normalized spacial score (nSPS) is 23.2. The molecule has 17 heteroatoms. The lowest BCUT2D eigenvalue weighted by Crippen LogP contribution is -2.57. The molecule has 5 heterocycles. The Hall–Kier alpha value is -4.97. The van der Waals surface area contributed by atoms with Gasteiger partial charge in [-0.3, -0.25) is 24.1 Å². The minimum absolute atomic E-state index is 0.128. The fourth-order valence-corrected chi connectivity index (χ4v) is 10.3. The van der Waals surface area contributed by atoms with Crippen molar-refractivity contribution in [2.75, 3.05) is 30.3 Å². The van der Waals surface area contributed by atoms with Crippen molar-refractivity contribution in [1.29, 1.82) is 0 Å². The van der Waals surface area contributed by atoms with E-state index in [0.29, 0.717) is 46.4 Å². The van der Waals surface area contributed by atoms with Crippen molar-refractivity contribution < 1.29 is 42.6 Å². The molecule has 2 aromatic carbocycles. The van der Waals surface area contributed by atoms with Gasteiger partial charge in [0.15, 0.2) is 0 Å². The Balaban J connectivity index is 0.834. The van der Waals surface area contributed by atoms with Gasteiger partial charge in [-0.15, -0.1) is 11.3 Å². The maximum Gasteiger partial charge on any atom is 0.433 e. The highest BCUT2D eigenvalue weighted by atomic mass is 32.1. The summed E-state index contributed by atoms with van der Waals surface area (Å²) < 4.78 is 40.6. The van der Waals surface area contributed by atoms with Crippen molar-refractivity contribution in [3.05, 3.63) is 81.6 Å². The molecule has 0 radical (unpaired) electrons. The maximum absolute atomic E-state index is 13.5. The highest BCUT2D eigenvalue weighted by Gasteiger charge is 2.45. The summed E-state index contributed by atoms with van der Waals surface area (Å²) in [5.41, 5.74) is -0.346. The van der Waals surface area contributed by atoms with Gasteiger partial charge in [-0.2, -0.15) is 13.2 Å². The van der Waals surface area contributed by atoms with E-state index in [4.69, 9.17) is 4.98 Å². The second-order valence-corrected chi connectivity index (χ2v) is 17.9. The van der Waals surface area contributed by atoms with E-state index in [1.807, 2.05) is 0 Å². The molecular formula is C43H48F3N7O6S. The van der Waals surface area contributed by atoms with Gasteiger partial charge in [-0.05, 0) is 121 Å². The number of hydrogen-bond donors (Lipinski definition) is 5. The molecule has 0 spiro atoms. The van der Waals surface area contributed by atoms with Crippen molar-refractivity contribution in [2.45, 2.75) is 108 Å². The lowest BCUT2D eigenvalue weighted by Gasteiger charge is -2.40. The average Bonchev–Trinajstić information content (AvgIpc) is 3.75. The van der Waals surface area contributed by atoms with E-state index in [1.54, 1.807) is 44.2 Å². The number of aliphatic hydroxyl groups is 2. The molecule has 0 bridgehead atoms. The second kappa shape index (κ2) is 16.5. The molecule has 13 nitrogen and oxygen atoms in total. The van der Waals surface area contributed by atoms with Crippen molar-refractivity contribution in [1.82, 2.24) is 25.1 Å². The maximum atomic E-state index is 13.5. The van der Waals surface area contributed by atoms with Gasteiger partial charge in [-0.25, -0.2) is 9.97 Å². The number of pyridine rings is 1. The average molecular weight is 848 g/mol. The summed E-state index contributed by atoms with van der Waals surface area (Å²) >= 11 is 1.53. The van der Waals surface area contributed by atoms with Gasteiger partial charge < -0.3 is 31.1 Å². The first-order valence-corrected chi connectivity index (χ1v) is 21.4. The third-order valence-electron chi connectivity index (χ3n) is 12.4. The van der Waals surface area contributed by atoms with Gasteiger partial charge in [0.2, 0.25) is 5.91 Å². The van der Waals surface area contributed by atoms with E-state index in [9.17, 15) is 42.6 Å². The van der Waals surface area contributed by atoms with Gasteiger partial charge in [0, 0.05) is 41.9 Å². The SMILES string of the molecule is CC(C)(O)c1cc2nc(C3CCC(N4CCC(CCNc5cccc6c5C(=O)N(C5CCC(=O)NC5O)C6=O)CC4)CC3)sc2cc1NC(=O)c1cccc(C(F)(F)F)n1. The van der Waals surface area contributed by atoms with Crippen LogP contribution in [0, 0.1) is 5.92 Å². The number of carbonyl (C=O) groups excluding carboxylic acids is 4. The van der Waals surface area contributed by atoms with Gasteiger partial charge >= 0.3 is 6.18 Å². The van der Waals surface area contributed by atoms with Crippen molar-refractivity contribution in [3.63, 3.8) is 0 Å². The van der Waals surface area contributed by atoms with E-state index in [2.05, 4.69) is 25.8 Å². The summed E-state index contributed by atoms with van der Waals surface area (Å²) in [6, 6.07) is 11.5. The Bertz CT molecular complexity index is 2310. The Kier molecular flexibility index (Phi) is 11.5. The number of nitrogens with zero attached hydrogens (tertiary/aromatic N) is 4. The number of imide groups is 1. The number of amides is 4. The van der Waals surface area contributed by atoms with E-state index in [1.165, 1.54) is 17.4 Å². The van der Waals surface area contributed by atoms with E-state index < -0.39 is 47.5 Å². The number of hydrogen-bond acceptors (Lipinski definition) is 11. The van der Waals surface area contributed by atoms with Gasteiger partial charge in [-0.1, -0.05) is 12.1 Å². The van der Waals surface area contributed by atoms with Crippen LogP contribution in [0.15, 0.2) is 48.5 Å². The zero-order valence-electron chi connectivity index (χ0n) is 33.3. The number of nitrogens with one attached hydrogen (secondary N) is 3. The molecule has 2 aromatic heterocycles. The van der Waals surface area contributed by atoms with Crippen LogP contribution in [-0.2, 0) is 16.6 Å². The van der Waals surface area contributed by atoms with Gasteiger partial charge in [0.1, 0.15) is 17.6 Å². The number of anilines is 2. The van der Waals surface area contributed by atoms with Crippen LogP contribution in [-0.4, -0.2) is 91.6 Å². The lowest BCUT2D eigenvalue weighted by molar-refractivity contribution is -0.141. The third kappa shape index (κ3) is 8.49. The number of aromatic nitrogens is 2. The quantitative estimate of drug-likeness (QED) is 0.109. The molecule has 4 amide bonds. The molecule has 1 saturated carbocycles. The molecule has 8 rings (SSSR count). The molecule has 4 aliphatic rings. The van der Waals surface area contributed by atoms with Crippen LogP contribution in [0.3, 0.4) is 0 Å². The molecule has 3 aliphatic heterocycles. The number of rotatable bonds is 10. The fraction of sp³-hybridized carbons (Fsp3) is 0.488. The predicted molar refractivity (Wildman–Crippen MR) is 219 cm³/mol. The van der Waals surface area contributed by atoms with Crippen LogP contribution in [0.4, 0.5) is 24.5 Å². The zero-order chi connectivity index (χ0) is 42.5. The Morgan fingerprint density at radius 3 is 2.37 bits per heavy atom. The molecule has 318 valence electrons. The van der Waals surface area contributed by atoms with Crippen LogP contribution >= 0.6 is 11.3 Å². The first-order valence-electron chi connectivity index (χ1n) is 20.5. The minimum atomic E-state index is -4.70.